The van der Waals surface area contributed by atoms with Crippen molar-refractivity contribution in [3.05, 3.63) is 60.2 Å². The summed E-state index contributed by atoms with van der Waals surface area (Å²) in [5.74, 6) is 0.817. The van der Waals surface area contributed by atoms with Crippen LogP contribution in [0.25, 0.3) is 0 Å². The van der Waals surface area contributed by atoms with Crippen molar-refractivity contribution < 1.29 is 4.74 Å². The molecule has 0 heterocycles. The fourth-order valence-electron chi connectivity index (χ4n) is 1.68. The lowest BCUT2D eigenvalue weighted by atomic mass is 10.2. The fourth-order valence-corrected chi connectivity index (χ4v) is 1.68. The van der Waals surface area contributed by atoms with Gasteiger partial charge < -0.3 is 4.74 Å². The van der Waals surface area contributed by atoms with E-state index < -0.39 is 0 Å². The molecule has 2 aromatic rings. The van der Waals surface area contributed by atoms with E-state index in [9.17, 15) is 0 Å². The molecule has 2 rings (SSSR count). The summed E-state index contributed by atoms with van der Waals surface area (Å²) in [6.45, 7) is 0.555. The van der Waals surface area contributed by atoms with Gasteiger partial charge in [-0.05, 0) is 36.2 Å². The van der Waals surface area contributed by atoms with E-state index in [2.05, 4.69) is 16.6 Å². The monoisotopic (exact) mass is 279 g/mol. The van der Waals surface area contributed by atoms with Crippen LogP contribution < -0.4 is 10.2 Å². The van der Waals surface area contributed by atoms with Crippen molar-refractivity contribution in [3.63, 3.8) is 0 Å². The van der Waals surface area contributed by atoms with E-state index in [0.29, 0.717) is 19.4 Å². The van der Waals surface area contributed by atoms with Gasteiger partial charge in [-0.25, -0.2) is 0 Å². The Morgan fingerprint density at radius 2 is 1.86 bits per heavy atom. The molecule has 0 saturated heterocycles. The Morgan fingerprint density at radius 3 is 2.57 bits per heavy atom. The van der Waals surface area contributed by atoms with Crippen molar-refractivity contribution in [1.82, 2.24) is 0 Å². The van der Waals surface area contributed by atoms with Gasteiger partial charge in [0.25, 0.3) is 0 Å². The maximum absolute atomic E-state index is 8.40. The SMILES string of the molecule is N#CCC/C=N/Nc1ccc(OCc2ccccc2)cc1. The van der Waals surface area contributed by atoms with Gasteiger partial charge in [0.15, 0.2) is 0 Å². The van der Waals surface area contributed by atoms with Crippen LogP contribution in [0.5, 0.6) is 5.75 Å². The third-order valence-corrected chi connectivity index (χ3v) is 2.77. The van der Waals surface area contributed by atoms with Gasteiger partial charge in [0.2, 0.25) is 0 Å². The Balaban J connectivity index is 1.79. The van der Waals surface area contributed by atoms with Crippen LogP contribution in [0.1, 0.15) is 18.4 Å². The summed E-state index contributed by atoms with van der Waals surface area (Å²) >= 11 is 0. The summed E-state index contributed by atoms with van der Waals surface area (Å²) in [4.78, 5) is 0. The largest absolute Gasteiger partial charge is 0.489 e. The first-order valence-electron chi connectivity index (χ1n) is 6.80. The highest BCUT2D eigenvalue weighted by Gasteiger charge is 1.96. The number of benzene rings is 2. The lowest BCUT2D eigenvalue weighted by molar-refractivity contribution is 0.306. The van der Waals surface area contributed by atoms with Gasteiger partial charge >= 0.3 is 0 Å². The van der Waals surface area contributed by atoms with Gasteiger partial charge in [-0.2, -0.15) is 10.4 Å². The molecule has 0 aliphatic heterocycles. The molecule has 2 aromatic carbocycles. The zero-order chi connectivity index (χ0) is 14.8. The van der Waals surface area contributed by atoms with E-state index in [1.165, 1.54) is 0 Å². The molecule has 0 bridgehead atoms. The fraction of sp³-hybridized carbons (Fsp3) is 0.176. The lowest BCUT2D eigenvalue weighted by Gasteiger charge is -2.07. The minimum atomic E-state index is 0.484. The molecule has 0 aromatic heterocycles. The second-order valence-electron chi connectivity index (χ2n) is 4.42. The Kier molecular flexibility index (Phi) is 5.83. The Morgan fingerprint density at radius 1 is 1.10 bits per heavy atom. The molecule has 0 fully saturated rings. The van der Waals surface area contributed by atoms with Crippen LogP contribution in [0.2, 0.25) is 0 Å². The molecular weight excluding hydrogens is 262 g/mol. The number of nitriles is 1. The number of unbranched alkanes of at least 4 members (excludes halogenated alkanes) is 1. The molecule has 4 nitrogen and oxygen atoms in total. The highest BCUT2D eigenvalue weighted by atomic mass is 16.5. The summed E-state index contributed by atoms with van der Waals surface area (Å²) in [5, 5.41) is 12.4. The van der Waals surface area contributed by atoms with Crippen molar-refractivity contribution in [2.75, 3.05) is 5.43 Å². The molecule has 0 spiro atoms. The quantitative estimate of drug-likeness (QED) is 0.474. The predicted molar refractivity (Wildman–Crippen MR) is 84.2 cm³/mol. The highest BCUT2D eigenvalue weighted by molar-refractivity contribution is 5.59. The number of ether oxygens (including phenoxy) is 1. The van der Waals surface area contributed by atoms with Crippen molar-refractivity contribution in [2.45, 2.75) is 19.4 Å². The number of anilines is 1. The zero-order valence-electron chi connectivity index (χ0n) is 11.7. The van der Waals surface area contributed by atoms with E-state index in [1.807, 2.05) is 54.6 Å². The van der Waals surface area contributed by atoms with E-state index in [-0.39, 0.29) is 0 Å². The standard InChI is InChI=1S/C17H17N3O/c18-12-4-5-13-19-20-16-8-10-17(11-9-16)21-14-15-6-2-1-3-7-15/h1-3,6-11,13,20H,4-5,14H2/b19-13+. The first-order chi connectivity index (χ1) is 10.4. The van der Waals surface area contributed by atoms with Crippen molar-refractivity contribution in [2.24, 2.45) is 5.10 Å². The lowest BCUT2D eigenvalue weighted by Crippen LogP contribution is -1.95. The van der Waals surface area contributed by atoms with Gasteiger partial charge in [-0.3, -0.25) is 5.43 Å². The van der Waals surface area contributed by atoms with E-state index >= 15 is 0 Å². The predicted octanol–water partition coefficient (Wildman–Crippen LogP) is 3.97. The van der Waals surface area contributed by atoms with Crippen LogP contribution in [-0.2, 0) is 6.61 Å². The second-order valence-corrected chi connectivity index (χ2v) is 4.42. The van der Waals surface area contributed by atoms with E-state index in [1.54, 1.807) is 6.21 Å². The van der Waals surface area contributed by atoms with Gasteiger partial charge in [-0.15, -0.1) is 0 Å². The number of hydrazone groups is 1. The Labute approximate surface area is 124 Å². The molecule has 0 aliphatic carbocycles. The highest BCUT2D eigenvalue weighted by Crippen LogP contribution is 2.17. The first kappa shape index (κ1) is 14.6. The van der Waals surface area contributed by atoms with E-state index in [4.69, 9.17) is 10.00 Å². The minimum Gasteiger partial charge on any atom is -0.489 e. The topological polar surface area (TPSA) is 57.4 Å². The molecule has 0 unspecified atom stereocenters. The van der Waals surface area contributed by atoms with Crippen molar-refractivity contribution >= 4 is 11.9 Å². The van der Waals surface area contributed by atoms with Crippen molar-refractivity contribution in [1.29, 1.82) is 5.26 Å². The smallest absolute Gasteiger partial charge is 0.119 e. The summed E-state index contributed by atoms with van der Waals surface area (Å²) in [6.07, 6.45) is 2.84. The zero-order valence-corrected chi connectivity index (χ0v) is 11.7. The molecule has 0 aliphatic rings. The van der Waals surface area contributed by atoms with Gasteiger partial charge in [-0.1, -0.05) is 30.3 Å². The van der Waals surface area contributed by atoms with E-state index in [0.717, 1.165) is 17.0 Å². The Hall–Kier alpha value is -2.80. The number of hydrogen-bond donors (Lipinski definition) is 1. The first-order valence-corrected chi connectivity index (χ1v) is 6.80. The minimum absolute atomic E-state index is 0.484. The third kappa shape index (κ3) is 5.37. The molecule has 21 heavy (non-hydrogen) atoms. The van der Waals surface area contributed by atoms with Gasteiger partial charge in [0.05, 0.1) is 11.8 Å². The molecule has 106 valence electrons. The maximum Gasteiger partial charge on any atom is 0.119 e. The third-order valence-electron chi connectivity index (χ3n) is 2.77. The Bertz CT molecular complexity index is 600. The summed E-state index contributed by atoms with van der Waals surface area (Å²) in [6, 6.07) is 19.7. The maximum atomic E-state index is 8.40. The molecule has 0 atom stereocenters. The van der Waals surface area contributed by atoms with Crippen LogP contribution in [-0.4, -0.2) is 6.21 Å². The number of nitrogens with one attached hydrogen (secondary N) is 1. The molecular formula is C17H17N3O. The van der Waals surface area contributed by atoms with Crippen LogP contribution in [0.4, 0.5) is 5.69 Å². The van der Waals surface area contributed by atoms with Gasteiger partial charge in [0, 0.05) is 12.6 Å². The number of hydrogen-bond acceptors (Lipinski definition) is 4. The normalized spacial score (nSPS) is 10.2. The van der Waals surface area contributed by atoms with Gasteiger partial charge in [0.1, 0.15) is 12.4 Å². The summed E-state index contributed by atoms with van der Waals surface area (Å²) < 4.78 is 5.70. The molecule has 1 N–H and O–H groups in total. The molecule has 0 amide bonds. The molecule has 0 saturated carbocycles. The molecule has 0 radical (unpaired) electrons. The summed E-state index contributed by atoms with van der Waals surface area (Å²) in [5.41, 5.74) is 4.93. The average molecular weight is 279 g/mol. The second kappa shape index (κ2) is 8.39. The van der Waals surface area contributed by atoms with Crippen LogP contribution in [0.3, 0.4) is 0 Å². The van der Waals surface area contributed by atoms with Crippen LogP contribution >= 0.6 is 0 Å². The average Bonchev–Trinajstić information content (AvgIpc) is 2.55. The number of nitrogens with zero attached hydrogens (tertiary/aromatic N) is 2. The van der Waals surface area contributed by atoms with Crippen LogP contribution in [0.15, 0.2) is 59.7 Å². The molecule has 4 heteroatoms. The van der Waals surface area contributed by atoms with Crippen molar-refractivity contribution in [3.8, 4) is 11.8 Å². The van der Waals surface area contributed by atoms with Crippen LogP contribution in [0, 0.1) is 11.3 Å². The number of rotatable bonds is 7. The summed E-state index contributed by atoms with van der Waals surface area (Å²) in [7, 11) is 0.